The van der Waals surface area contributed by atoms with Crippen LogP contribution in [-0.2, 0) is 15.1 Å². The minimum absolute atomic E-state index is 0.0593. The third kappa shape index (κ3) is 4.00. The highest BCUT2D eigenvalue weighted by atomic mass is 16.2. The Bertz CT molecular complexity index is 761. The van der Waals surface area contributed by atoms with Gasteiger partial charge in [-0.1, -0.05) is 56.5 Å². The van der Waals surface area contributed by atoms with E-state index in [1.165, 1.54) is 0 Å². The quantitative estimate of drug-likeness (QED) is 0.673. The Hall–Kier alpha value is -2.90. The second-order valence-corrected chi connectivity index (χ2v) is 7.30. The molecule has 3 rings (SSSR count). The number of carbonyl (C=O) groups is 4. The number of benzene rings is 1. The van der Waals surface area contributed by atoms with E-state index in [0.29, 0.717) is 12.0 Å². The monoisotopic (exact) mass is 386 g/mol. The Morgan fingerprint density at radius 3 is 2.46 bits per heavy atom. The fourth-order valence-electron chi connectivity index (χ4n) is 3.91. The molecule has 8 heteroatoms. The molecule has 0 bridgehead atoms. The molecule has 0 unspecified atom stereocenters. The molecule has 1 aromatic rings. The van der Waals surface area contributed by atoms with Crippen molar-refractivity contribution in [3.05, 3.63) is 35.9 Å². The average Bonchev–Trinajstić information content (AvgIpc) is 2.94. The zero-order chi connectivity index (χ0) is 20.1. The number of carbonyl (C=O) groups excluding carboxylic acids is 4. The summed E-state index contributed by atoms with van der Waals surface area (Å²) in [6, 6.07) is 7.76. The third-order valence-corrected chi connectivity index (χ3v) is 5.47. The van der Waals surface area contributed by atoms with Crippen LogP contribution in [-0.4, -0.2) is 41.4 Å². The zero-order valence-corrected chi connectivity index (χ0v) is 16.0. The van der Waals surface area contributed by atoms with Crippen molar-refractivity contribution in [2.24, 2.45) is 0 Å². The molecule has 0 aromatic heterocycles. The molecular formula is C20H26N4O4. The van der Waals surface area contributed by atoms with E-state index in [-0.39, 0.29) is 6.04 Å². The zero-order valence-electron chi connectivity index (χ0n) is 16.0. The van der Waals surface area contributed by atoms with Crippen LogP contribution in [0.3, 0.4) is 0 Å². The van der Waals surface area contributed by atoms with Crippen molar-refractivity contribution in [2.75, 3.05) is 6.54 Å². The van der Waals surface area contributed by atoms with Gasteiger partial charge in [0.25, 0.3) is 5.91 Å². The van der Waals surface area contributed by atoms with Gasteiger partial charge in [0.05, 0.1) is 0 Å². The molecular weight excluding hydrogens is 360 g/mol. The molecule has 6 amide bonds. The van der Waals surface area contributed by atoms with E-state index in [1.54, 1.807) is 31.2 Å². The first kappa shape index (κ1) is 19.9. The maximum absolute atomic E-state index is 13.0. The summed E-state index contributed by atoms with van der Waals surface area (Å²) in [5.74, 6) is -1.19. The first-order valence-electron chi connectivity index (χ1n) is 9.76. The van der Waals surface area contributed by atoms with Crippen LogP contribution in [0.1, 0.15) is 51.0 Å². The molecule has 0 spiro atoms. The molecule has 3 N–H and O–H groups in total. The summed E-state index contributed by atoms with van der Waals surface area (Å²) in [6.07, 6.45) is 5.41. The summed E-state index contributed by atoms with van der Waals surface area (Å²) in [6.45, 7) is 1.30. The molecule has 1 heterocycles. The van der Waals surface area contributed by atoms with Crippen LogP contribution in [0.4, 0.5) is 9.59 Å². The fraction of sp³-hybridized carbons (Fsp3) is 0.500. The summed E-state index contributed by atoms with van der Waals surface area (Å²) < 4.78 is 0. The van der Waals surface area contributed by atoms with Gasteiger partial charge in [-0.2, -0.15) is 0 Å². The number of nitrogens with zero attached hydrogens (tertiary/aromatic N) is 1. The van der Waals surface area contributed by atoms with E-state index in [0.717, 1.165) is 37.0 Å². The molecule has 8 nitrogen and oxygen atoms in total. The van der Waals surface area contributed by atoms with Gasteiger partial charge in [0.1, 0.15) is 12.1 Å². The summed E-state index contributed by atoms with van der Waals surface area (Å²) in [4.78, 5) is 50.5. The first-order valence-corrected chi connectivity index (χ1v) is 9.76. The highest BCUT2D eigenvalue weighted by Gasteiger charge is 2.51. The van der Waals surface area contributed by atoms with Crippen molar-refractivity contribution < 1.29 is 19.2 Å². The standard InChI is InChI=1S/C20H26N4O4/c1-2-20(14-9-5-3-6-10-14)17(26)24(19(28)23-20)13-16(25)22-18(27)21-15-11-7-4-8-12-15/h3,5-6,9-10,15H,2,4,7-8,11-13H2,1H3,(H,23,28)(H2,21,22,25,27)/t20-/m1/s1. The summed E-state index contributed by atoms with van der Waals surface area (Å²) in [7, 11) is 0. The largest absolute Gasteiger partial charge is 0.335 e. The van der Waals surface area contributed by atoms with Gasteiger partial charge >= 0.3 is 12.1 Å². The van der Waals surface area contributed by atoms with E-state index in [9.17, 15) is 19.2 Å². The lowest BCUT2D eigenvalue weighted by Crippen LogP contribution is -2.49. The van der Waals surface area contributed by atoms with Gasteiger partial charge in [-0.3, -0.25) is 19.8 Å². The Labute approximate surface area is 164 Å². The topological polar surface area (TPSA) is 108 Å². The average molecular weight is 386 g/mol. The van der Waals surface area contributed by atoms with Crippen molar-refractivity contribution >= 4 is 23.9 Å². The van der Waals surface area contributed by atoms with Crippen LogP contribution >= 0.6 is 0 Å². The van der Waals surface area contributed by atoms with Crippen LogP contribution in [0.5, 0.6) is 0 Å². The molecule has 1 aromatic carbocycles. The molecule has 28 heavy (non-hydrogen) atoms. The van der Waals surface area contributed by atoms with Gasteiger partial charge in [0.2, 0.25) is 5.91 Å². The van der Waals surface area contributed by atoms with Crippen molar-refractivity contribution in [1.29, 1.82) is 0 Å². The minimum Gasteiger partial charge on any atom is -0.335 e. The van der Waals surface area contributed by atoms with E-state index in [4.69, 9.17) is 0 Å². The lowest BCUT2D eigenvalue weighted by Gasteiger charge is -2.25. The SMILES string of the molecule is CC[C@]1(c2ccccc2)NC(=O)N(CC(=O)NC(=O)NC2CCCCC2)C1=O. The summed E-state index contributed by atoms with van der Waals surface area (Å²) in [5, 5.41) is 7.71. The molecule has 2 aliphatic rings. The molecule has 1 saturated heterocycles. The summed E-state index contributed by atoms with van der Waals surface area (Å²) in [5.41, 5.74) is -0.531. The minimum atomic E-state index is -1.19. The predicted molar refractivity (Wildman–Crippen MR) is 102 cm³/mol. The van der Waals surface area contributed by atoms with Crippen LogP contribution in [0, 0.1) is 0 Å². The molecule has 1 aliphatic carbocycles. The van der Waals surface area contributed by atoms with Crippen LogP contribution in [0.2, 0.25) is 0 Å². The van der Waals surface area contributed by atoms with Crippen molar-refractivity contribution in [3.8, 4) is 0 Å². The maximum atomic E-state index is 13.0. The van der Waals surface area contributed by atoms with Crippen molar-refractivity contribution in [2.45, 2.75) is 57.0 Å². The van der Waals surface area contributed by atoms with E-state index in [2.05, 4.69) is 16.0 Å². The Kier molecular flexibility index (Phi) is 5.96. The number of amides is 6. The normalized spacial score (nSPS) is 22.7. The number of hydrogen-bond donors (Lipinski definition) is 3. The third-order valence-electron chi connectivity index (χ3n) is 5.47. The van der Waals surface area contributed by atoms with Gasteiger partial charge < -0.3 is 10.6 Å². The molecule has 150 valence electrons. The van der Waals surface area contributed by atoms with Gasteiger partial charge in [-0.05, 0) is 24.8 Å². The van der Waals surface area contributed by atoms with Gasteiger partial charge in [0, 0.05) is 6.04 Å². The maximum Gasteiger partial charge on any atom is 0.325 e. The fourth-order valence-corrected chi connectivity index (χ4v) is 3.91. The molecule has 1 aliphatic heterocycles. The lowest BCUT2D eigenvalue weighted by molar-refractivity contribution is -0.135. The lowest BCUT2D eigenvalue weighted by atomic mass is 9.87. The van der Waals surface area contributed by atoms with Crippen LogP contribution < -0.4 is 16.0 Å². The number of imide groups is 2. The molecule has 0 radical (unpaired) electrons. The van der Waals surface area contributed by atoms with Gasteiger partial charge in [-0.15, -0.1) is 0 Å². The first-order chi connectivity index (χ1) is 13.5. The molecule has 1 atom stereocenters. The summed E-state index contributed by atoms with van der Waals surface area (Å²) >= 11 is 0. The van der Waals surface area contributed by atoms with Crippen LogP contribution in [0.15, 0.2) is 30.3 Å². The van der Waals surface area contributed by atoms with Gasteiger partial charge in [-0.25, -0.2) is 9.59 Å². The number of urea groups is 2. The van der Waals surface area contributed by atoms with E-state index in [1.807, 2.05) is 6.07 Å². The Morgan fingerprint density at radius 1 is 1.14 bits per heavy atom. The van der Waals surface area contributed by atoms with E-state index >= 15 is 0 Å². The number of rotatable bonds is 5. The van der Waals surface area contributed by atoms with Crippen LogP contribution in [0.25, 0.3) is 0 Å². The van der Waals surface area contributed by atoms with Crippen molar-refractivity contribution in [1.82, 2.24) is 20.9 Å². The number of hydrogen-bond acceptors (Lipinski definition) is 4. The highest BCUT2D eigenvalue weighted by molar-refractivity contribution is 6.10. The highest BCUT2D eigenvalue weighted by Crippen LogP contribution is 2.32. The van der Waals surface area contributed by atoms with E-state index < -0.39 is 36.0 Å². The Morgan fingerprint density at radius 2 is 1.82 bits per heavy atom. The van der Waals surface area contributed by atoms with Gasteiger partial charge in [0.15, 0.2) is 0 Å². The second-order valence-electron chi connectivity index (χ2n) is 7.30. The Balaban J connectivity index is 1.62. The number of nitrogens with one attached hydrogen (secondary N) is 3. The second kappa shape index (κ2) is 8.41. The predicted octanol–water partition coefficient (Wildman–Crippen LogP) is 2.00. The smallest absolute Gasteiger partial charge is 0.325 e. The molecule has 2 fully saturated rings. The van der Waals surface area contributed by atoms with Crippen molar-refractivity contribution in [3.63, 3.8) is 0 Å². The molecule has 1 saturated carbocycles.